The van der Waals surface area contributed by atoms with Crippen LogP contribution in [0.15, 0.2) is 53.4 Å². The Hall–Kier alpha value is -2.13. The molecule has 1 aliphatic rings. The third kappa shape index (κ3) is 5.57. The molecule has 1 aliphatic heterocycles. The van der Waals surface area contributed by atoms with Gasteiger partial charge in [-0.05, 0) is 48.4 Å². The predicted molar refractivity (Wildman–Crippen MR) is 119 cm³/mol. The molecular formula is C22H27ClN2O5S. The van der Waals surface area contributed by atoms with Crippen molar-refractivity contribution in [3.05, 3.63) is 59.1 Å². The first kappa shape index (κ1) is 23.5. The summed E-state index contributed by atoms with van der Waals surface area (Å²) in [4.78, 5) is 13.1. The van der Waals surface area contributed by atoms with Crippen LogP contribution in [-0.2, 0) is 19.6 Å². The van der Waals surface area contributed by atoms with Gasteiger partial charge in [-0.2, -0.15) is 4.31 Å². The summed E-state index contributed by atoms with van der Waals surface area (Å²) in [6.07, 6.45) is 0.689. The maximum absolute atomic E-state index is 13.2. The van der Waals surface area contributed by atoms with Gasteiger partial charge in [0, 0.05) is 44.3 Å². The van der Waals surface area contributed by atoms with Crippen LogP contribution in [0.5, 0.6) is 5.75 Å². The fourth-order valence-electron chi connectivity index (χ4n) is 3.73. The van der Waals surface area contributed by atoms with E-state index in [2.05, 4.69) is 5.32 Å². The van der Waals surface area contributed by atoms with Crippen molar-refractivity contribution >= 4 is 27.5 Å². The highest BCUT2D eigenvalue weighted by atomic mass is 35.5. The first-order valence-electron chi connectivity index (χ1n) is 10.0. The largest absolute Gasteiger partial charge is 0.497 e. The SMILES string of the molecule is COCCCNC(=O)[C@H]1CN(S(=O)(=O)c2ccc(Cl)cc2)C[C@@H]1c1ccc(OC)cc1. The summed E-state index contributed by atoms with van der Waals surface area (Å²) in [6.45, 7) is 1.34. The van der Waals surface area contributed by atoms with Crippen LogP contribution in [0, 0.1) is 5.92 Å². The molecule has 2 atom stereocenters. The van der Waals surface area contributed by atoms with Crippen molar-refractivity contribution in [1.82, 2.24) is 9.62 Å². The molecular weight excluding hydrogens is 440 g/mol. The van der Waals surface area contributed by atoms with Gasteiger partial charge in [-0.1, -0.05) is 23.7 Å². The van der Waals surface area contributed by atoms with Crippen LogP contribution in [0.25, 0.3) is 0 Å². The highest BCUT2D eigenvalue weighted by Gasteiger charge is 2.43. The van der Waals surface area contributed by atoms with Crippen molar-refractivity contribution in [1.29, 1.82) is 0 Å². The number of hydrogen-bond donors (Lipinski definition) is 1. The number of halogens is 1. The van der Waals surface area contributed by atoms with E-state index in [1.807, 2.05) is 24.3 Å². The maximum Gasteiger partial charge on any atom is 0.243 e. The Morgan fingerprint density at radius 2 is 1.77 bits per heavy atom. The molecule has 2 aromatic carbocycles. The van der Waals surface area contributed by atoms with Crippen molar-refractivity contribution in [2.45, 2.75) is 17.2 Å². The van der Waals surface area contributed by atoms with E-state index in [9.17, 15) is 13.2 Å². The molecule has 1 amide bonds. The average molecular weight is 467 g/mol. The van der Waals surface area contributed by atoms with Gasteiger partial charge in [0.25, 0.3) is 0 Å². The van der Waals surface area contributed by atoms with E-state index in [0.717, 1.165) is 5.56 Å². The molecule has 31 heavy (non-hydrogen) atoms. The summed E-state index contributed by atoms with van der Waals surface area (Å²) in [5.41, 5.74) is 0.895. The highest BCUT2D eigenvalue weighted by molar-refractivity contribution is 7.89. The fraction of sp³-hybridized carbons (Fsp3) is 0.409. The molecule has 168 valence electrons. The molecule has 1 fully saturated rings. The second-order valence-electron chi connectivity index (χ2n) is 7.40. The fourth-order valence-corrected chi connectivity index (χ4v) is 5.35. The topological polar surface area (TPSA) is 84.9 Å². The first-order chi connectivity index (χ1) is 14.9. The molecule has 0 saturated carbocycles. The molecule has 1 saturated heterocycles. The van der Waals surface area contributed by atoms with Crippen molar-refractivity contribution in [3.63, 3.8) is 0 Å². The van der Waals surface area contributed by atoms with E-state index in [1.165, 1.54) is 16.4 Å². The number of carbonyl (C=O) groups excluding carboxylic acids is 1. The number of amides is 1. The lowest BCUT2D eigenvalue weighted by Crippen LogP contribution is -2.36. The standard InChI is InChI=1S/C22H27ClN2O5S/c1-29-13-3-12-24-22(26)21-15-25(31(27,28)19-10-6-17(23)7-11-19)14-20(21)16-4-8-18(30-2)9-5-16/h4-11,20-21H,3,12-15H2,1-2H3,(H,24,26)/t20-,21+/m1/s1. The summed E-state index contributed by atoms with van der Waals surface area (Å²) in [5, 5.41) is 3.38. The number of rotatable bonds is 9. The van der Waals surface area contributed by atoms with Crippen molar-refractivity contribution in [3.8, 4) is 5.75 Å². The van der Waals surface area contributed by atoms with Crippen molar-refractivity contribution in [2.75, 3.05) is 40.5 Å². The molecule has 2 aromatic rings. The zero-order chi connectivity index (χ0) is 22.4. The minimum Gasteiger partial charge on any atom is -0.497 e. The highest BCUT2D eigenvalue weighted by Crippen LogP contribution is 2.36. The van der Waals surface area contributed by atoms with Crippen LogP contribution in [-0.4, -0.2) is 59.1 Å². The second kappa shape index (κ2) is 10.5. The average Bonchev–Trinajstić information content (AvgIpc) is 3.23. The third-order valence-corrected chi connectivity index (χ3v) is 7.54. The van der Waals surface area contributed by atoms with Crippen molar-refractivity contribution in [2.24, 2.45) is 5.92 Å². The Morgan fingerprint density at radius 1 is 1.10 bits per heavy atom. The Labute approximate surface area is 188 Å². The molecule has 0 aliphatic carbocycles. The molecule has 1 heterocycles. The van der Waals surface area contributed by atoms with Gasteiger partial charge in [0.1, 0.15) is 5.75 Å². The second-order valence-corrected chi connectivity index (χ2v) is 9.77. The number of benzene rings is 2. The van der Waals surface area contributed by atoms with Crippen LogP contribution in [0.3, 0.4) is 0 Å². The number of carbonyl (C=O) groups is 1. The molecule has 0 spiro atoms. The summed E-state index contributed by atoms with van der Waals surface area (Å²) >= 11 is 5.90. The van der Waals surface area contributed by atoms with E-state index in [-0.39, 0.29) is 29.8 Å². The van der Waals surface area contributed by atoms with Gasteiger partial charge in [0.05, 0.1) is 17.9 Å². The first-order valence-corrected chi connectivity index (χ1v) is 11.8. The lowest BCUT2D eigenvalue weighted by molar-refractivity contribution is -0.124. The molecule has 3 rings (SSSR count). The molecule has 0 unspecified atom stereocenters. The Morgan fingerprint density at radius 3 is 2.39 bits per heavy atom. The molecule has 1 N–H and O–H groups in total. The summed E-state index contributed by atoms with van der Waals surface area (Å²) in [7, 11) is -0.561. The lowest BCUT2D eigenvalue weighted by Gasteiger charge is -2.18. The monoisotopic (exact) mass is 466 g/mol. The smallest absolute Gasteiger partial charge is 0.243 e. The van der Waals surface area contributed by atoms with Gasteiger partial charge < -0.3 is 14.8 Å². The van der Waals surface area contributed by atoms with Gasteiger partial charge in [-0.3, -0.25) is 4.79 Å². The van der Waals surface area contributed by atoms with E-state index in [4.69, 9.17) is 21.1 Å². The third-order valence-electron chi connectivity index (χ3n) is 5.44. The summed E-state index contributed by atoms with van der Waals surface area (Å²) < 4.78 is 38.0. The Balaban J connectivity index is 1.85. The molecule has 0 radical (unpaired) electrons. The normalized spacial score (nSPS) is 19.3. The number of hydrogen-bond acceptors (Lipinski definition) is 5. The van der Waals surface area contributed by atoms with Gasteiger partial charge in [-0.25, -0.2) is 8.42 Å². The van der Waals surface area contributed by atoms with Crippen LogP contribution >= 0.6 is 11.6 Å². The van der Waals surface area contributed by atoms with Gasteiger partial charge >= 0.3 is 0 Å². The van der Waals surface area contributed by atoms with Gasteiger partial charge in [0.2, 0.25) is 15.9 Å². The predicted octanol–water partition coefficient (Wildman–Crippen LogP) is 2.91. The van der Waals surface area contributed by atoms with Crippen LogP contribution < -0.4 is 10.1 Å². The molecule has 9 heteroatoms. The zero-order valence-corrected chi connectivity index (χ0v) is 19.2. The minimum absolute atomic E-state index is 0.109. The summed E-state index contributed by atoms with van der Waals surface area (Å²) in [6, 6.07) is 13.5. The maximum atomic E-state index is 13.2. The van der Waals surface area contributed by atoms with E-state index in [1.54, 1.807) is 26.4 Å². The quantitative estimate of drug-likeness (QED) is 0.574. The number of nitrogens with zero attached hydrogens (tertiary/aromatic N) is 1. The van der Waals surface area contributed by atoms with Crippen molar-refractivity contribution < 1.29 is 22.7 Å². The molecule has 0 bridgehead atoms. The minimum atomic E-state index is -3.75. The molecule has 7 nitrogen and oxygen atoms in total. The summed E-state index contributed by atoms with van der Waals surface area (Å²) in [5.74, 6) is -0.230. The van der Waals surface area contributed by atoms with E-state index in [0.29, 0.717) is 30.3 Å². The van der Waals surface area contributed by atoms with Crippen LogP contribution in [0.4, 0.5) is 0 Å². The van der Waals surface area contributed by atoms with E-state index < -0.39 is 15.9 Å². The number of nitrogens with one attached hydrogen (secondary N) is 1. The Kier molecular flexibility index (Phi) is 7.94. The number of sulfonamides is 1. The number of methoxy groups -OCH3 is 2. The number of ether oxygens (including phenoxy) is 2. The van der Waals surface area contributed by atoms with E-state index >= 15 is 0 Å². The molecule has 0 aromatic heterocycles. The Bertz CT molecular complexity index is 980. The zero-order valence-electron chi connectivity index (χ0n) is 17.6. The lowest BCUT2D eigenvalue weighted by atomic mass is 9.88. The van der Waals surface area contributed by atoms with Gasteiger partial charge in [-0.15, -0.1) is 0 Å². The van der Waals surface area contributed by atoms with Crippen LogP contribution in [0.2, 0.25) is 5.02 Å². The van der Waals surface area contributed by atoms with Crippen LogP contribution in [0.1, 0.15) is 17.9 Å². The van der Waals surface area contributed by atoms with Gasteiger partial charge in [0.15, 0.2) is 0 Å².